The van der Waals surface area contributed by atoms with Gasteiger partial charge in [0.25, 0.3) is 0 Å². The second kappa shape index (κ2) is 11.6. The van der Waals surface area contributed by atoms with Gasteiger partial charge in [-0.1, -0.05) is 19.1 Å². The smallest absolute Gasteiger partial charge is 0.422 e. The number of guanidine groups is 1. The first-order chi connectivity index (χ1) is 12.1. The van der Waals surface area contributed by atoms with Crippen LogP contribution in [0.4, 0.5) is 13.2 Å². The topological polar surface area (TPSA) is 79.8 Å². The van der Waals surface area contributed by atoms with Crippen molar-refractivity contribution in [3.63, 3.8) is 0 Å². The largest absolute Gasteiger partial charge is 0.484 e. The van der Waals surface area contributed by atoms with E-state index >= 15 is 0 Å². The lowest BCUT2D eigenvalue weighted by Crippen LogP contribution is -2.39. The van der Waals surface area contributed by atoms with Gasteiger partial charge in [0.15, 0.2) is 22.4 Å². The Kier molecular flexibility index (Phi) is 11.0. The van der Waals surface area contributed by atoms with Crippen molar-refractivity contribution in [2.24, 2.45) is 4.99 Å². The summed E-state index contributed by atoms with van der Waals surface area (Å²) in [6.07, 6.45) is -4.42. The summed E-state index contributed by atoms with van der Waals surface area (Å²) in [6, 6.07) is 4.97. The van der Waals surface area contributed by atoms with Crippen LogP contribution in [0.5, 0.6) is 5.75 Å². The molecule has 2 N–H and O–H groups in total. The highest BCUT2D eigenvalue weighted by Crippen LogP contribution is 2.23. The fourth-order valence-electron chi connectivity index (χ4n) is 1.97. The normalized spacial score (nSPS) is 12.3. The first-order valence-corrected chi connectivity index (χ1v) is 9.82. The molecule has 0 saturated carbocycles. The minimum atomic E-state index is -4.42. The number of hydrogen-bond acceptors (Lipinski definition) is 4. The van der Waals surface area contributed by atoms with Crippen LogP contribution in [0, 0.1) is 6.92 Å². The van der Waals surface area contributed by atoms with Gasteiger partial charge in [0.1, 0.15) is 5.75 Å². The molecule has 1 aromatic carbocycles. The van der Waals surface area contributed by atoms with E-state index < -0.39 is 22.6 Å². The average Bonchev–Trinajstić information content (AvgIpc) is 2.56. The van der Waals surface area contributed by atoms with E-state index in [9.17, 15) is 21.6 Å². The summed E-state index contributed by atoms with van der Waals surface area (Å²) in [5.74, 6) is 0.510. The molecule has 0 atom stereocenters. The number of alkyl halides is 3. The van der Waals surface area contributed by atoms with Crippen molar-refractivity contribution < 1.29 is 26.3 Å². The van der Waals surface area contributed by atoms with E-state index in [1.54, 1.807) is 26.0 Å². The summed E-state index contributed by atoms with van der Waals surface area (Å²) in [7, 11) is -1.58. The molecule has 1 aromatic rings. The molecule has 11 heteroatoms. The van der Waals surface area contributed by atoms with Gasteiger partial charge >= 0.3 is 6.18 Å². The highest BCUT2D eigenvalue weighted by atomic mass is 127. The molecule has 0 unspecified atom stereocenters. The maximum absolute atomic E-state index is 12.4. The fourth-order valence-corrected chi connectivity index (χ4v) is 2.67. The number of aliphatic imine (C=N–C) groups is 1. The van der Waals surface area contributed by atoms with Crippen LogP contribution in [0.2, 0.25) is 0 Å². The molecule has 0 radical (unpaired) electrons. The summed E-state index contributed by atoms with van der Waals surface area (Å²) in [5.41, 5.74) is 1.31. The van der Waals surface area contributed by atoms with Gasteiger partial charge < -0.3 is 15.4 Å². The molecule has 0 aromatic heterocycles. The van der Waals surface area contributed by atoms with E-state index in [0.29, 0.717) is 11.5 Å². The minimum Gasteiger partial charge on any atom is -0.484 e. The van der Waals surface area contributed by atoms with Gasteiger partial charge in [-0.05, 0) is 18.6 Å². The van der Waals surface area contributed by atoms with E-state index in [1.807, 2.05) is 0 Å². The molecule has 6 nitrogen and oxygen atoms in total. The standard InChI is InChI=1S/C16H24F3N3O3S.HI/c1-4-26(23,24)8-7-21-15(20-3)22-10-13-6-5-12(2)9-14(13)25-11-16(17,18)19;/h5-6,9H,4,7-8,10-11H2,1-3H3,(H2,20,21,22);1H. The van der Waals surface area contributed by atoms with Crippen molar-refractivity contribution in [3.05, 3.63) is 29.3 Å². The van der Waals surface area contributed by atoms with Gasteiger partial charge in [-0.3, -0.25) is 4.99 Å². The first-order valence-electron chi connectivity index (χ1n) is 8.00. The lowest BCUT2D eigenvalue weighted by molar-refractivity contribution is -0.153. The summed E-state index contributed by atoms with van der Waals surface area (Å²) in [6.45, 7) is 2.31. The SMILES string of the molecule is CCS(=O)(=O)CCNC(=NC)NCc1ccc(C)cc1OCC(F)(F)F.I. The van der Waals surface area contributed by atoms with Gasteiger partial charge in [-0.25, -0.2) is 8.42 Å². The molecule has 0 aliphatic rings. The zero-order valence-electron chi connectivity index (χ0n) is 15.4. The Bertz CT molecular complexity index is 725. The molecule has 0 spiro atoms. The third-order valence-electron chi connectivity index (χ3n) is 3.43. The molecule has 0 saturated heterocycles. The summed E-state index contributed by atoms with van der Waals surface area (Å²) in [4.78, 5) is 3.96. The molecular formula is C16H25F3IN3O3S. The Morgan fingerprint density at radius 1 is 1.26 bits per heavy atom. The third-order valence-corrected chi connectivity index (χ3v) is 5.14. The van der Waals surface area contributed by atoms with Crippen LogP contribution in [0.3, 0.4) is 0 Å². The van der Waals surface area contributed by atoms with Crippen LogP contribution in [0.15, 0.2) is 23.2 Å². The highest BCUT2D eigenvalue weighted by Gasteiger charge is 2.28. The van der Waals surface area contributed by atoms with Gasteiger partial charge in [0.2, 0.25) is 0 Å². The molecule has 0 aliphatic heterocycles. The Hall–Kier alpha value is -1.24. The van der Waals surface area contributed by atoms with Crippen LogP contribution in [-0.4, -0.2) is 52.3 Å². The van der Waals surface area contributed by atoms with Crippen molar-refractivity contribution in [2.75, 3.05) is 31.7 Å². The zero-order chi connectivity index (χ0) is 19.8. The number of ether oxygens (including phenoxy) is 1. The monoisotopic (exact) mass is 523 g/mol. The van der Waals surface area contributed by atoms with Gasteiger partial charge in [-0.2, -0.15) is 13.2 Å². The summed E-state index contributed by atoms with van der Waals surface area (Å²) in [5, 5.41) is 5.79. The quantitative estimate of drug-likeness (QED) is 0.311. The summed E-state index contributed by atoms with van der Waals surface area (Å²) < 4.78 is 65.0. The van der Waals surface area contributed by atoms with Gasteiger partial charge in [-0.15, -0.1) is 24.0 Å². The van der Waals surface area contributed by atoms with E-state index in [4.69, 9.17) is 4.74 Å². The van der Waals surface area contributed by atoms with Crippen molar-refractivity contribution >= 4 is 39.8 Å². The number of aryl methyl sites for hydroxylation is 1. The number of sulfone groups is 1. The Labute approximate surface area is 174 Å². The van der Waals surface area contributed by atoms with Crippen molar-refractivity contribution in [1.29, 1.82) is 0 Å². The maximum atomic E-state index is 12.4. The van der Waals surface area contributed by atoms with E-state index in [0.717, 1.165) is 5.56 Å². The molecule has 1 rings (SSSR count). The molecule has 0 amide bonds. The fraction of sp³-hybridized carbons (Fsp3) is 0.562. The molecule has 156 valence electrons. The van der Waals surface area contributed by atoms with Crippen LogP contribution >= 0.6 is 24.0 Å². The van der Waals surface area contributed by atoms with Crippen LogP contribution < -0.4 is 15.4 Å². The number of hydrogen-bond donors (Lipinski definition) is 2. The molecule has 27 heavy (non-hydrogen) atoms. The number of halogens is 4. The second-order valence-corrected chi connectivity index (χ2v) is 8.08. The zero-order valence-corrected chi connectivity index (χ0v) is 18.5. The predicted molar refractivity (Wildman–Crippen MR) is 111 cm³/mol. The highest BCUT2D eigenvalue weighted by molar-refractivity contribution is 14.0. The predicted octanol–water partition coefficient (Wildman–Crippen LogP) is 2.65. The number of nitrogens with one attached hydrogen (secondary N) is 2. The summed E-state index contributed by atoms with van der Waals surface area (Å²) >= 11 is 0. The van der Waals surface area contributed by atoms with E-state index in [1.165, 1.54) is 13.1 Å². The van der Waals surface area contributed by atoms with E-state index in [2.05, 4.69) is 15.6 Å². The van der Waals surface area contributed by atoms with Crippen molar-refractivity contribution in [3.8, 4) is 5.75 Å². The van der Waals surface area contributed by atoms with Crippen molar-refractivity contribution in [1.82, 2.24) is 10.6 Å². The maximum Gasteiger partial charge on any atom is 0.422 e. The molecule has 0 fully saturated rings. The first kappa shape index (κ1) is 25.8. The lowest BCUT2D eigenvalue weighted by Gasteiger charge is -2.16. The Morgan fingerprint density at radius 2 is 1.93 bits per heavy atom. The minimum absolute atomic E-state index is 0. The van der Waals surface area contributed by atoms with Crippen LogP contribution in [0.25, 0.3) is 0 Å². The van der Waals surface area contributed by atoms with E-state index in [-0.39, 0.29) is 54.3 Å². The number of rotatable bonds is 8. The number of benzene rings is 1. The molecule has 0 aliphatic carbocycles. The molecular weight excluding hydrogens is 498 g/mol. The Morgan fingerprint density at radius 3 is 2.48 bits per heavy atom. The molecule has 0 heterocycles. The average molecular weight is 523 g/mol. The van der Waals surface area contributed by atoms with Crippen molar-refractivity contribution in [2.45, 2.75) is 26.6 Å². The third kappa shape index (κ3) is 10.6. The number of nitrogens with zero attached hydrogens (tertiary/aromatic N) is 1. The van der Waals surface area contributed by atoms with Crippen LogP contribution in [0.1, 0.15) is 18.1 Å². The molecule has 0 bridgehead atoms. The van der Waals surface area contributed by atoms with Crippen LogP contribution in [-0.2, 0) is 16.4 Å². The van der Waals surface area contributed by atoms with Gasteiger partial charge in [0, 0.05) is 31.5 Å². The second-order valence-electron chi connectivity index (χ2n) is 5.60. The lowest BCUT2D eigenvalue weighted by atomic mass is 10.1. The van der Waals surface area contributed by atoms with Gasteiger partial charge in [0.05, 0.1) is 5.75 Å². The Balaban J connectivity index is 0.00000676.